The number of para-hydroxylation sites is 1. The lowest BCUT2D eigenvalue weighted by Gasteiger charge is -2.11. The smallest absolute Gasteiger partial charge is 0.146 e. The molecule has 0 saturated carbocycles. The van der Waals surface area contributed by atoms with E-state index in [2.05, 4.69) is 10.3 Å². The number of nitrogens with two attached hydrogens (primary N) is 1. The molecule has 0 aliphatic carbocycles. The fraction of sp³-hybridized carbons (Fsp3) is 0.0625. The second kappa shape index (κ2) is 5.50. The molecule has 0 bridgehead atoms. The number of nitrogen functional groups attached to an aromatic ring is 1. The van der Waals surface area contributed by atoms with Gasteiger partial charge in [0.1, 0.15) is 11.5 Å². The van der Waals surface area contributed by atoms with E-state index < -0.39 is 0 Å². The van der Waals surface area contributed by atoms with Gasteiger partial charge in [0.15, 0.2) is 0 Å². The van der Waals surface area contributed by atoms with Gasteiger partial charge in [-0.1, -0.05) is 23.7 Å². The number of halogens is 1. The van der Waals surface area contributed by atoms with Crippen molar-refractivity contribution in [3.05, 3.63) is 53.7 Å². The molecular weight excluding hydrogens is 286 g/mol. The molecule has 106 valence electrons. The summed E-state index contributed by atoms with van der Waals surface area (Å²) in [5.74, 6) is 1.29. The van der Waals surface area contributed by atoms with Crippen LogP contribution in [0.4, 0.5) is 11.4 Å². The number of ether oxygens (including phenoxy) is 1. The molecule has 0 aliphatic heterocycles. The maximum atomic E-state index is 6.11. The van der Waals surface area contributed by atoms with Crippen LogP contribution < -0.4 is 15.8 Å². The first-order valence-corrected chi connectivity index (χ1v) is 6.85. The second-order valence-electron chi connectivity index (χ2n) is 4.55. The molecule has 0 fully saturated rings. The Hall–Kier alpha value is -2.46. The highest BCUT2D eigenvalue weighted by Gasteiger charge is 2.08. The number of nitrogens with one attached hydrogen (secondary N) is 1. The summed E-state index contributed by atoms with van der Waals surface area (Å²) in [7, 11) is 1.83. The molecule has 2 aromatic carbocycles. The highest BCUT2D eigenvalue weighted by atomic mass is 35.5. The number of nitrogens with zero attached hydrogens (tertiary/aromatic N) is 1. The Morgan fingerprint density at radius 3 is 2.76 bits per heavy atom. The van der Waals surface area contributed by atoms with Gasteiger partial charge in [0.2, 0.25) is 0 Å². The number of hydrogen-bond acceptors (Lipinski definition) is 4. The van der Waals surface area contributed by atoms with E-state index in [1.807, 2.05) is 43.4 Å². The second-order valence-corrected chi connectivity index (χ2v) is 4.96. The normalized spacial score (nSPS) is 10.6. The number of rotatable bonds is 3. The Morgan fingerprint density at radius 1 is 1.19 bits per heavy atom. The molecule has 0 atom stereocenters. The van der Waals surface area contributed by atoms with Crippen LogP contribution in [0.15, 0.2) is 48.7 Å². The first-order valence-electron chi connectivity index (χ1n) is 6.47. The lowest BCUT2D eigenvalue weighted by atomic mass is 10.1. The molecule has 3 rings (SSSR count). The fourth-order valence-electron chi connectivity index (χ4n) is 2.18. The average molecular weight is 300 g/mol. The summed E-state index contributed by atoms with van der Waals surface area (Å²) in [6.45, 7) is 0. The van der Waals surface area contributed by atoms with E-state index in [1.54, 1.807) is 12.3 Å². The van der Waals surface area contributed by atoms with E-state index in [9.17, 15) is 0 Å². The lowest BCUT2D eigenvalue weighted by molar-refractivity contribution is 0.483. The van der Waals surface area contributed by atoms with Crippen LogP contribution in [0.1, 0.15) is 0 Å². The van der Waals surface area contributed by atoms with Crippen molar-refractivity contribution in [3.8, 4) is 11.5 Å². The molecule has 5 heteroatoms. The third-order valence-corrected chi connectivity index (χ3v) is 3.50. The van der Waals surface area contributed by atoms with Crippen LogP contribution in [0.2, 0.25) is 5.02 Å². The van der Waals surface area contributed by atoms with Gasteiger partial charge in [0.25, 0.3) is 0 Å². The van der Waals surface area contributed by atoms with Crippen LogP contribution in [0.5, 0.6) is 11.5 Å². The Labute approximate surface area is 127 Å². The summed E-state index contributed by atoms with van der Waals surface area (Å²) < 4.78 is 5.83. The molecule has 0 saturated heterocycles. The van der Waals surface area contributed by atoms with Crippen molar-refractivity contribution in [2.75, 3.05) is 18.1 Å². The monoisotopic (exact) mass is 299 g/mol. The van der Waals surface area contributed by atoms with Crippen molar-refractivity contribution in [3.63, 3.8) is 0 Å². The third kappa shape index (κ3) is 2.58. The van der Waals surface area contributed by atoms with E-state index in [1.165, 1.54) is 0 Å². The molecule has 0 radical (unpaired) electrons. The minimum absolute atomic E-state index is 0.567. The van der Waals surface area contributed by atoms with Crippen LogP contribution in [-0.2, 0) is 0 Å². The van der Waals surface area contributed by atoms with Gasteiger partial charge in [-0.3, -0.25) is 4.98 Å². The van der Waals surface area contributed by atoms with E-state index >= 15 is 0 Å². The molecule has 3 aromatic rings. The highest BCUT2D eigenvalue weighted by molar-refractivity contribution is 6.32. The Bertz CT molecular complexity index is 805. The summed E-state index contributed by atoms with van der Waals surface area (Å²) in [5, 5.41) is 4.57. The minimum atomic E-state index is 0.567. The van der Waals surface area contributed by atoms with Gasteiger partial charge < -0.3 is 15.8 Å². The molecule has 0 aliphatic rings. The maximum absolute atomic E-state index is 6.11. The van der Waals surface area contributed by atoms with Crippen molar-refractivity contribution in [2.24, 2.45) is 0 Å². The van der Waals surface area contributed by atoms with Crippen molar-refractivity contribution >= 4 is 33.9 Å². The SMILES string of the molecule is CNc1c(N)cnc2ccc(Oc3ccccc3Cl)cc12. The molecule has 0 amide bonds. The van der Waals surface area contributed by atoms with Gasteiger partial charge in [-0.25, -0.2) is 0 Å². The Morgan fingerprint density at radius 2 is 2.00 bits per heavy atom. The summed E-state index contributed by atoms with van der Waals surface area (Å²) in [6.07, 6.45) is 1.64. The predicted octanol–water partition coefficient (Wildman–Crippen LogP) is 4.30. The number of fused-ring (bicyclic) bond motifs is 1. The molecule has 3 N–H and O–H groups in total. The van der Waals surface area contributed by atoms with Crippen LogP contribution >= 0.6 is 11.6 Å². The number of hydrogen-bond donors (Lipinski definition) is 2. The summed E-state index contributed by atoms with van der Waals surface area (Å²) in [6, 6.07) is 13.0. The van der Waals surface area contributed by atoms with Crippen LogP contribution in [0.3, 0.4) is 0 Å². The van der Waals surface area contributed by atoms with Gasteiger partial charge in [0, 0.05) is 12.4 Å². The Balaban J connectivity index is 2.06. The zero-order valence-corrected chi connectivity index (χ0v) is 12.2. The van der Waals surface area contributed by atoms with Crippen molar-refractivity contribution in [2.45, 2.75) is 0 Å². The molecule has 0 spiro atoms. The maximum Gasteiger partial charge on any atom is 0.146 e. The largest absolute Gasteiger partial charge is 0.456 e. The molecular formula is C16H14ClN3O. The first kappa shape index (κ1) is 13.5. The number of benzene rings is 2. The van der Waals surface area contributed by atoms with E-state index in [0.29, 0.717) is 22.2 Å². The molecule has 4 nitrogen and oxygen atoms in total. The van der Waals surface area contributed by atoms with Gasteiger partial charge in [-0.15, -0.1) is 0 Å². The predicted molar refractivity (Wildman–Crippen MR) is 87.2 cm³/mol. The van der Waals surface area contributed by atoms with Crippen molar-refractivity contribution < 1.29 is 4.74 Å². The van der Waals surface area contributed by atoms with E-state index in [-0.39, 0.29) is 0 Å². The Kier molecular flexibility index (Phi) is 3.54. The number of anilines is 2. The number of pyridine rings is 1. The fourth-order valence-corrected chi connectivity index (χ4v) is 2.36. The first-order chi connectivity index (χ1) is 10.2. The van der Waals surface area contributed by atoms with E-state index in [4.69, 9.17) is 22.1 Å². The van der Waals surface area contributed by atoms with Gasteiger partial charge in [-0.2, -0.15) is 0 Å². The third-order valence-electron chi connectivity index (χ3n) is 3.18. The summed E-state index contributed by atoms with van der Waals surface area (Å²) in [5.41, 5.74) is 8.22. The van der Waals surface area contributed by atoms with Crippen molar-refractivity contribution in [1.29, 1.82) is 0 Å². The van der Waals surface area contributed by atoms with Crippen LogP contribution in [-0.4, -0.2) is 12.0 Å². The molecule has 1 heterocycles. The van der Waals surface area contributed by atoms with Crippen LogP contribution in [0, 0.1) is 0 Å². The molecule has 1 aromatic heterocycles. The molecule has 21 heavy (non-hydrogen) atoms. The van der Waals surface area contributed by atoms with E-state index in [0.717, 1.165) is 16.6 Å². The minimum Gasteiger partial charge on any atom is -0.456 e. The average Bonchev–Trinajstić information content (AvgIpc) is 2.49. The van der Waals surface area contributed by atoms with Gasteiger partial charge >= 0.3 is 0 Å². The van der Waals surface area contributed by atoms with Crippen LogP contribution in [0.25, 0.3) is 10.9 Å². The lowest BCUT2D eigenvalue weighted by Crippen LogP contribution is -1.98. The van der Waals surface area contributed by atoms with Crippen molar-refractivity contribution in [1.82, 2.24) is 4.98 Å². The highest BCUT2D eigenvalue weighted by Crippen LogP contribution is 2.33. The molecule has 0 unspecified atom stereocenters. The topological polar surface area (TPSA) is 60.2 Å². The zero-order valence-electron chi connectivity index (χ0n) is 11.4. The van der Waals surface area contributed by atoms with Gasteiger partial charge in [-0.05, 0) is 30.3 Å². The summed E-state index contributed by atoms with van der Waals surface area (Å²) >= 11 is 6.11. The summed E-state index contributed by atoms with van der Waals surface area (Å²) in [4.78, 5) is 4.31. The quantitative estimate of drug-likeness (QED) is 0.757. The number of aromatic nitrogens is 1. The van der Waals surface area contributed by atoms with Gasteiger partial charge in [0.05, 0.1) is 28.1 Å². The standard InChI is InChI=1S/C16H14ClN3O/c1-19-16-11-8-10(6-7-14(11)20-9-13(16)18)21-15-5-3-2-4-12(15)17/h2-9H,18H2,1H3,(H,19,20). The zero-order chi connectivity index (χ0) is 14.8.